The minimum absolute atomic E-state index is 0. The Balaban J connectivity index is 0.00000108. The molecule has 5 nitrogen and oxygen atoms in total. The van der Waals surface area contributed by atoms with Gasteiger partial charge in [0.05, 0.1) is 0 Å². The van der Waals surface area contributed by atoms with E-state index in [1.54, 1.807) is 25.0 Å². The molecular weight excluding hydrogens is 268 g/mol. The Kier molecular flexibility index (Phi) is 3.44. The number of imidazole rings is 2. The molecular formula is C11H9N5Zn. The normalized spacial score (nSPS) is 9.88. The van der Waals surface area contributed by atoms with Gasteiger partial charge in [-0.15, -0.1) is 0 Å². The van der Waals surface area contributed by atoms with E-state index in [0.717, 1.165) is 11.6 Å². The monoisotopic (exact) mass is 275 g/mol. The van der Waals surface area contributed by atoms with E-state index in [1.165, 1.54) is 0 Å². The van der Waals surface area contributed by atoms with Gasteiger partial charge in [0.2, 0.25) is 0 Å². The molecule has 0 amide bonds. The first-order valence-corrected chi connectivity index (χ1v) is 4.87. The predicted molar refractivity (Wildman–Crippen MR) is 58.5 cm³/mol. The molecule has 0 saturated heterocycles. The number of hydrogen-bond donors (Lipinski definition) is 0. The summed E-state index contributed by atoms with van der Waals surface area (Å²) in [5.41, 5.74) is 0. The van der Waals surface area contributed by atoms with Gasteiger partial charge in [-0.1, -0.05) is 6.07 Å². The maximum atomic E-state index is 4.50. The summed E-state index contributed by atoms with van der Waals surface area (Å²) in [7, 11) is 0. The molecule has 3 aromatic rings. The van der Waals surface area contributed by atoms with Gasteiger partial charge in [0.15, 0.2) is 0 Å². The van der Waals surface area contributed by atoms with Crippen LogP contribution in [0.25, 0.3) is 11.6 Å². The fourth-order valence-electron chi connectivity index (χ4n) is 1.49. The van der Waals surface area contributed by atoms with Crippen LogP contribution in [0.5, 0.6) is 0 Å². The van der Waals surface area contributed by atoms with Crippen molar-refractivity contribution in [1.82, 2.24) is 24.1 Å². The Morgan fingerprint density at radius 1 is 0.824 bits per heavy atom. The molecule has 17 heavy (non-hydrogen) atoms. The summed E-state index contributed by atoms with van der Waals surface area (Å²) in [4.78, 5) is 12.5. The number of hydrogen-bond acceptors (Lipinski definition) is 3. The Hall–Kier alpha value is -1.81. The van der Waals surface area contributed by atoms with Crippen molar-refractivity contribution in [2.24, 2.45) is 0 Å². The molecule has 6 heteroatoms. The summed E-state index contributed by atoms with van der Waals surface area (Å²) in [6.07, 6.45) is 10.6. The topological polar surface area (TPSA) is 48.5 Å². The summed E-state index contributed by atoms with van der Waals surface area (Å²) in [5, 5.41) is 0. The van der Waals surface area contributed by atoms with Crippen LogP contribution in [-0.4, -0.2) is 24.1 Å². The predicted octanol–water partition coefficient (Wildman–Crippen LogP) is 1.45. The van der Waals surface area contributed by atoms with Crippen LogP contribution >= 0.6 is 0 Å². The quantitative estimate of drug-likeness (QED) is 0.666. The van der Waals surface area contributed by atoms with Crippen LogP contribution in [0.4, 0.5) is 0 Å². The number of nitrogens with zero attached hydrogens (tertiary/aromatic N) is 5. The molecule has 3 aromatic heterocycles. The van der Waals surface area contributed by atoms with Crippen LogP contribution in [0, 0.1) is 0 Å². The Bertz CT molecular complexity index is 524. The second-order valence-electron chi connectivity index (χ2n) is 3.29. The average Bonchev–Trinajstić information content (AvgIpc) is 3.03. The van der Waals surface area contributed by atoms with Gasteiger partial charge in [0, 0.05) is 44.3 Å². The molecule has 0 aromatic carbocycles. The molecule has 80 valence electrons. The van der Waals surface area contributed by atoms with Crippen LogP contribution < -0.4 is 0 Å². The van der Waals surface area contributed by atoms with Crippen LogP contribution in [-0.2, 0) is 19.5 Å². The zero-order valence-corrected chi connectivity index (χ0v) is 12.1. The van der Waals surface area contributed by atoms with Crippen LogP contribution in [0.2, 0.25) is 0 Å². The largest absolute Gasteiger partial charge is 0.290 e. The number of pyridine rings is 1. The van der Waals surface area contributed by atoms with Gasteiger partial charge in [-0.05, 0) is 12.1 Å². The van der Waals surface area contributed by atoms with Crippen molar-refractivity contribution in [2.45, 2.75) is 0 Å². The van der Waals surface area contributed by atoms with E-state index in [4.69, 9.17) is 0 Å². The average molecular weight is 277 g/mol. The smallest absolute Gasteiger partial charge is 0.140 e. The maximum Gasteiger partial charge on any atom is 0.140 e. The van der Waals surface area contributed by atoms with Crippen molar-refractivity contribution in [1.29, 1.82) is 0 Å². The van der Waals surface area contributed by atoms with E-state index in [0.29, 0.717) is 0 Å². The Morgan fingerprint density at radius 2 is 1.35 bits per heavy atom. The van der Waals surface area contributed by atoms with E-state index in [9.17, 15) is 0 Å². The summed E-state index contributed by atoms with van der Waals surface area (Å²) in [5.74, 6) is 1.67. The van der Waals surface area contributed by atoms with Gasteiger partial charge >= 0.3 is 0 Å². The zero-order valence-electron chi connectivity index (χ0n) is 9.14. The maximum absolute atomic E-state index is 4.50. The number of rotatable bonds is 2. The Labute approximate surface area is 111 Å². The van der Waals surface area contributed by atoms with Gasteiger partial charge in [-0.2, -0.15) is 0 Å². The van der Waals surface area contributed by atoms with Crippen molar-refractivity contribution >= 4 is 0 Å². The zero-order chi connectivity index (χ0) is 10.8. The second-order valence-corrected chi connectivity index (χ2v) is 3.29. The van der Waals surface area contributed by atoms with Crippen LogP contribution in [0.15, 0.2) is 55.6 Å². The van der Waals surface area contributed by atoms with Crippen molar-refractivity contribution < 1.29 is 19.5 Å². The third-order valence-corrected chi connectivity index (χ3v) is 2.26. The van der Waals surface area contributed by atoms with Crippen molar-refractivity contribution in [3.8, 4) is 11.6 Å². The SMILES string of the molecule is [Zn].c1cc(-n2ccnc2)nc(-n2ccnc2)c1. The van der Waals surface area contributed by atoms with E-state index in [-0.39, 0.29) is 19.5 Å². The molecule has 0 bridgehead atoms. The van der Waals surface area contributed by atoms with E-state index in [2.05, 4.69) is 15.0 Å². The Morgan fingerprint density at radius 3 is 1.76 bits per heavy atom. The van der Waals surface area contributed by atoms with Gasteiger partial charge < -0.3 is 0 Å². The van der Waals surface area contributed by atoms with E-state index in [1.807, 2.05) is 39.7 Å². The van der Waals surface area contributed by atoms with E-state index >= 15 is 0 Å². The molecule has 3 rings (SSSR count). The van der Waals surface area contributed by atoms with Crippen molar-refractivity contribution in [3.05, 3.63) is 55.6 Å². The third-order valence-electron chi connectivity index (χ3n) is 2.26. The van der Waals surface area contributed by atoms with Gasteiger partial charge in [0.25, 0.3) is 0 Å². The molecule has 0 radical (unpaired) electrons. The molecule has 0 unspecified atom stereocenters. The summed E-state index contributed by atoms with van der Waals surface area (Å²) in [6.45, 7) is 0. The van der Waals surface area contributed by atoms with E-state index < -0.39 is 0 Å². The molecule has 3 heterocycles. The summed E-state index contributed by atoms with van der Waals surface area (Å²) in [6, 6.07) is 5.82. The standard InChI is InChI=1S/C11H9N5.Zn/c1-2-10(15-6-4-12-8-15)14-11(3-1)16-7-5-13-9-16;/h1-9H;. The fourth-order valence-corrected chi connectivity index (χ4v) is 1.49. The molecule has 0 aliphatic heterocycles. The first-order valence-electron chi connectivity index (χ1n) is 4.87. The fraction of sp³-hybridized carbons (Fsp3) is 0. The summed E-state index contributed by atoms with van der Waals surface area (Å²) < 4.78 is 3.72. The molecule has 0 fully saturated rings. The minimum Gasteiger partial charge on any atom is -0.290 e. The minimum atomic E-state index is 0. The second kappa shape index (κ2) is 5.02. The molecule has 0 N–H and O–H groups in total. The first kappa shape index (κ1) is 11.7. The first-order chi connectivity index (χ1) is 7.93. The molecule has 0 atom stereocenters. The molecule has 0 spiro atoms. The van der Waals surface area contributed by atoms with Crippen LogP contribution in [0.1, 0.15) is 0 Å². The van der Waals surface area contributed by atoms with Crippen molar-refractivity contribution in [2.75, 3.05) is 0 Å². The summed E-state index contributed by atoms with van der Waals surface area (Å²) >= 11 is 0. The number of aromatic nitrogens is 5. The molecule has 0 aliphatic rings. The van der Waals surface area contributed by atoms with Gasteiger partial charge in [-0.3, -0.25) is 9.13 Å². The van der Waals surface area contributed by atoms with Gasteiger partial charge in [0.1, 0.15) is 24.3 Å². The third kappa shape index (κ3) is 2.31. The van der Waals surface area contributed by atoms with Gasteiger partial charge in [-0.25, -0.2) is 15.0 Å². The molecule has 0 aliphatic carbocycles. The van der Waals surface area contributed by atoms with Crippen LogP contribution in [0.3, 0.4) is 0 Å². The van der Waals surface area contributed by atoms with Crippen molar-refractivity contribution in [3.63, 3.8) is 0 Å². The molecule has 0 saturated carbocycles.